The number of nitrogens with one attached hydrogen (secondary N) is 1. The molecule has 2 rings (SSSR count). The number of thiophene rings is 1. The second kappa shape index (κ2) is 7.98. The number of carbonyl (C=O) groups excluding carboxylic acids is 1. The molecule has 0 spiro atoms. The maximum Gasteiger partial charge on any atom is 0.255 e. The normalized spacial score (nSPS) is 19.4. The average Bonchev–Trinajstić information content (AvgIpc) is 2.59. The molecule has 1 fully saturated rings. The molecule has 1 atom stereocenters. The maximum atomic E-state index is 12.5. The lowest BCUT2D eigenvalue weighted by Gasteiger charge is -2.26. The van der Waals surface area contributed by atoms with E-state index in [9.17, 15) is 4.79 Å². The van der Waals surface area contributed by atoms with E-state index in [1.54, 1.807) is 0 Å². The van der Waals surface area contributed by atoms with E-state index in [-0.39, 0.29) is 18.3 Å². The Kier molecular flexibility index (Phi) is 7.32. The summed E-state index contributed by atoms with van der Waals surface area (Å²) in [5.74, 6) is 0.107. The highest BCUT2D eigenvalue weighted by molar-refractivity contribution is 9.12. The number of hydrogen-bond acceptors (Lipinski definition) is 3. The second-order valence-electron chi connectivity index (χ2n) is 4.49. The minimum atomic E-state index is 0. The average molecular weight is 433 g/mol. The van der Waals surface area contributed by atoms with Gasteiger partial charge in [0.05, 0.1) is 13.1 Å². The maximum absolute atomic E-state index is 12.5. The number of nitrogens with zero attached hydrogens (tertiary/aromatic N) is 1. The largest absolute Gasteiger partial charge is 0.339 e. The summed E-state index contributed by atoms with van der Waals surface area (Å²) in [6, 6.07) is 2.24. The molecular weight excluding hydrogens is 415 g/mol. The Morgan fingerprint density at radius 3 is 2.79 bits per heavy atom. The van der Waals surface area contributed by atoms with Crippen molar-refractivity contribution < 1.29 is 4.79 Å². The first-order valence-electron chi connectivity index (χ1n) is 6.02. The molecule has 1 N–H and O–H groups in total. The first kappa shape index (κ1) is 17.4. The van der Waals surface area contributed by atoms with Gasteiger partial charge in [-0.15, -0.1) is 23.7 Å². The third kappa shape index (κ3) is 4.43. The lowest BCUT2D eigenvalue weighted by molar-refractivity contribution is 0.0720. The Morgan fingerprint density at radius 1 is 1.42 bits per heavy atom. The summed E-state index contributed by atoms with van der Waals surface area (Å²) < 4.78 is 1.88. The molecule has 1 unspecified atom stereocenters. The molecule has 0 saturated carbocycles. The third-order valence-electron chi connectivity index (χ3n) is 3.30. The summed E-state index contributed by atoms with van der Waals surface area (Å²) >= 11 is 8.41. The van der Waals surface area contributed by atoms with Crippen molar-refractivity contribution in [1.82, 2.24) is 10.2 Å². The van der Waals surface area contributed by atoms with E-state index in [1.807, 2.05) is 18.0 Å². The van der Waals surface area contributed by atoms with Gasteiger partial charge >= 0.3 is 0 Å². The summed E-state index contributed by atoms with van der Waals surface area (Å²) in [5.41, 5.74) is 0.756. The van der Waals surface area contributed by atoms with Crippen LogP contribution in [0.25, 0.3) is 0 Å². The molecule has 1 saturated heterocycles. The molecule has 7 heteroatoms. The van der Waals surface area contributed by atoms with Gasteiger partial charge in [-0.05, 0) is 70.3 Å². The minimum Gasteiger partial charge on any atom is -0.339 e. The highest BCUT2D eigenvalue weighted by atomic mass is 79.9. The fourth-order valence-electron chi connectivity index (χ4n) is 2.23. The smallest absolute Gasteiger partial charge is 0.255 e. The van der Waals surface area contributed by atoms with E-state index in [1.165, 1.54) is 11.3 Å². The molecule has 1 amide bonds. The van der Waals surface area contributed by atoms with Gasteiger partial charge in [-0.1, -0.05) is 0 Å². The van der Waals surface area contributed by atoms with Crippen LogP contribution < -0.4 is 5.32 Å². The summed E-state index contributed by atoms with van der Waals surface area (Å²) in [7, 11) is 1.91. The number of amides is 1. The Balaban J connectivity index is 0.00000180. The molecule has 0 bridgehead atoms. The van der Waals surface area contributed by atoms with Crippen molar-refractivity contribution in [1.29, 1.82) is 0 Å². The van der Waals surface area contributed by atoms with Crippen molar-refractivity contribution in [2.24, 2.45) is 0 Å². The van der Waals surface area contributed by atoms with Gasteiger partial charge in [-0.3, -0.25) is 4.79 Å². The fourth-order valence-corrected chi connectivity index (χ4v) is 5.01. The monoisotopic (exact) mass is 430 g/mol. The van der Waals surface area contributed by atoms with Crippen LogP contribution in [0.1, 0.15) is 29.6 Å². The molecule has 3 nitrogen and oxygen atoms in total. The van der Waals surface area contributed by atoms with Crippen molar-refractivity contribution in [2.45, 2.75) is 25.3 Å². The fraction of sp³-hybridized carbons (Fsp3) is 0.583. The van der Waals surface area contributed by atoms with Gasteiger partial charge in [0.15, 0.2) is 0 Å². The van der Waals surface area contributed by atoms with E-state index in [4.69, 9.17) is 0 Å². The summed E-state index contributed by atoms with van der Waals surface area (Å²) in [6.07, 6.45) is 3.25. The van der Waals surface area contributed by atoms with Gasteiger partial charge in [0.2, 0.25) is 0 Å². The molecule has 0 aliphatic carbocycles. The summed E-state index contributed by atoms with van der Waals surface area (Å²) in [6.45, 7) is 2.06. The van der Waals surface area contributed by atoms with Crippen molar-refractivity contribution in [3.05, 3.63) is 19.2 Å². The summed E-state index contributed by atoms with van der Waals surface area (Å²) in [5, 5.41) is 3.37. The van der Waals surface area contributed by atoms with E-state index in [0.717, 1.165) is 45.5 Å². The number of halogens is 3. The van der Waals surface area contributed by atoms with Crippen LogP contribution in [0, 0.1) is 0 Å². The van der Waals surface area contributed by atoms with Crippen LogP contribution in [0.15, 0.2) is 13.6 Å². The Morgan fingerprint density at radius 2 is 2.16 bits per heavy atom. The molecule has 1 aromatic rings. The van der Waals surface area contributed by atoms with Crippen molar-refractivity contribution in [2.75, 3.05) is 20.1 Å². The molecular formula is C12H17Br2ClN2OS. The molecule has 1 aliphatic heterocycles. The first-order valence-corrected chi connectivity index (χ1v) is 8.42. The highest BCUT2D eigenvalue weighted by Crippen LogP contribution is 2.33. The Labute approximate surface area is 140 Å². The molecule has 19 heavy (non-hydrogen) atoms. The Hall–Kier alpha value is 0.380. The van der Waals surface area contributed by atoms with E-state index >= 15 is 0 Å². The van der Waals surface area contributed by atoms with Crippen LogP contribution in [-0.2, 0) is 0 Å². The van der Waals surface area contributed by atoms with Gasteiger partial charge in [0.25, 0.3) is 5.91 Å². The zero-order valence-corrected chi connectivity index (χ0v) is 15.4. The number of carbonyl (C=O) groups is 1. The zero-order chi connectivity index (χ0) is 13.1. The predicted molar refractivity (Wildman–Crippen MR) is 89.6 cm³/mol. The second-order valence-corrected chi connectivity index (χ2v) is 8.24. The van der Waals surface area contributed by atoms with Crippen molar-refractivity contribution in [3.8, 4) is 0 Å². The topological polar surface area (TPSA) is 32.3 Å². The third-order valence-corrected chi connectivity index (χ3v) is 5.64. The molecule has 2 heterocycles. The number of rotatable bonds is 2. The van der Waals surface area contributed by atoms with E-state index < -0.39 is 0 Å². The lowest BCUT2D eigenvalue weighted by Crippen LogP contribution is -2.37. The SMILES string of the molecule is CN(C(=O)c1cc(Br)sc1Br)C1CCCNCC1.Cl. The molecule has 1 aliphatic rings. The number of hydrogen-bond donors (Lipinski definition) is 1. The minimum absolute atomic E-state index is 0. The van der Waals surface area contributed by atoms with E-state index in [2.05, 4.69) is 37.2 Å². The van der Waals surface area contributed by atoms with Crippen LogP contribution in [0.3, 0.4) is 0 Å². The first-order chi connectivity index (χ1) is 8.59. The Bertz CT molecular complexity index is 433. The lowest BCUT2D eigenvalue weighted by atomic mass is 10.1. The van der Waals surface area contributed by atoms with Crippen LogP contribution in [0.4, 0.5) is 0 Å². The van der Waals surface area contributed by atoms with Crippen molar-refractivity contribution in [3.63, 3.8) is 0 Å². The van der Waals surface area contributed by atoms with Crippen molar-refractivity contribution >= 4 is 61.5 Å². The van der Waals surface area contributed by atoms with Crippen LogP contribution in [-0.4, -0.2) is 37.0 Å². The van der Waals surface area contributed by atoms with Gasteiger partial charge in [0, 0.05) is 13.1 Å². The van der Waals surface area contributed by atoms with Gasteiger partial charge in [0.1, 0.15) is 0 Å². The quantitative estimate of drug-likeness (QED) is 0.769. The van der Waals surface area contributed by atoms with E-state index in [0.29, 0.717) is 6.04 Å². The zero-order valence-electron chi connectivity index (χ0n) is 10.6. The predicted octanol–water partition coefficient (Wildman–Crippen LogP) is 3.91. The molecule has 108 valence electrons. The summed E-state index contributed by atoms with van der Waals surface area (Å²) in [4.78, 5) is 14.3. The van der Waals surface area contributed by atoms with Crippen LogP contribution >= 0.6 is 55.6 Å². The van der Waals surface area contributed by atoms with Gasteiger partial charge in [-0.25, -0.2) is 0 Å². The standard InChI is InChI=1S/C12H16Br2N2OS.ClH/c1-16(8-3-2-5-15-6-4-8)12(17)9-7-10(13)18-11(9)14;/h7-8,15H,2-6H2,1H3;1H. The molecule has 1 aromatic heterocycles. The van der Waals surface area contributed by atoms with Gasteiger partial charge in [-0.2, -0.15) is 0 Å². The van der Waals surface area contributed by atoms with Crippen LogP contribution in [0.5, 0.6) is 0 Å². The molecule has 0 radical (unpaired) electrons. The highest BCUT2D eigenvalue weighted by Gasteiger charge is 2.24. The van der Waals surface area contributed by atoms with Crippen LogP contribution in [0.2, 0.25) is 0 Å². The molecule has 0 aromatic carbocycles. The van der Waals surface area contributed by atoms with Gasteiger partial charge < -0.3 is 10.2 Å².